The Morgan fingerprint density at radius 2 is 1.70 bits per heavy atom. The van der Waals surface area contributed by atoms with E-state index in [1.165, 1.54) is 38.5 Å². The molecule has 4 saturated carbocycles. The largest absolute Gasteiger partial charge is 0.508 e. The van der Waals surface area contributed by atoms with Gasteiger partial charge >= 0.3 is 5.97 Å². The van der Waals surface area contributed by atoms with E-state index < -0.39 is 5.97 Å². The van der Waals surface area contributed by atoms with Crippen LogP contribution < -0.4 is 5.73 Å². The molecule has 0 atom stereocenters. The first kappa shape index (κ1) is 19.4. The van der Waals surface area contributed by atoms with Crippen molar-refractivity contribution in [3.8, 4) is 16.9 Å². The molecular formula is C26H29NO3. The molecule has 4 fully saturated rings. The van der Waals surface area contributed by atoms with Gasteiger partial charge in [0.25, 0.3) is 0 Å². The quantitative estimate of drug-likeness (QED) is 0.608. The standard InChI is InChI=1S/C26H29NO3/c27-15-21-10-16(2-6-25(29)30)1-4-22(21)20-3-5-24(28)23(11-20)26-12-17-7-18(13-26)9-19(8-17)14-26/h1-6,10-11,17-19,28H,7-9,12-15,27H2,(H,29,30)/b6-2+. The van der Waals surface area contributed by atoms with E-state index in [0.717, 1.165) is 51.6 Å². The van der Waals surface area contributed by atoms with Crippen LogP contribution in [0.5, 0.6) is 5.75 Å². The van der Waals surface area contributed by atoms with E-state index in [-0.39, 0.29) is 5.41 Å². The minimum atomic E-state index is -0.966. The first-order valence-corrected chi connectivity index (χ1v) is 11.0. The van der Waals surface area contributed by atoms with Gasteiger partial charge in [0.2, 0.25) is 0 Å². The highest BCUT2D eigenvalue weighted by atomic mass is 16.4. The van der Waals surface area contributed by atoms with Crippen molar-refractivity contribution in [2.24, 2.45) is 23.5 Å². The van der Waals surface area contributed by atoms with E-state index in [1.54, 1.807) is 6.08 Å². The second kappa shape index (κ2) is 7.28. The van der Waals surface area contributed by atoms with Gasteiger partial charge in [-0.15, -0.1) is 0 Å². The Kier molecular flexibility index (Phi) is 4.70. The SMILES string of the molecule is NCc1cc(/C=C/C(=O)O)ccc1-c1ccc(O)c(C23CC4CC(CC(C4)C2)C3)c1. The smallest absolute Gasteiger partial charge is 0.328 e. The van der Waals surface area contributed by atoms with Crippen molar-refractivity contribution in [1.82, 2.24) is 0 Å². The highest BCUT2D eigenvalue weighted by Gasteiger charge is 2.52. The van der Waals surface area contributed by atoms with Crippen molar-refractivity contribution in [3.63, 3.8) is 0 Å². The monoisotopic (exact) mass is 403 g/mol. The van der Waals surface area contributed by atoms with Gasteiger partial charge in [-0.3, -0.25) is 0 Å². The summed E-state index contributed by atoms with van der Waals surface area (Å²) in [6.07, 6.45) is 10.5. The summed E-state index contributed by atoms with van der Waals surface area (Å²) in [6, 6.07) is 11.9. The summed E-state index contributed by atoms with van der Waals surface area (Å²) < 4.78 is 0. The zero-order chi connectivity index (χ0) is 20.9. The van der Waals surface area contributed by atoms with Gasteiger partial charge in [0.1, 0.15) is 5.75 Å². The maximum Gasteiger partial charge on any atom is 0.328 e. The fourth-order valence-corrected chi connectivity index (χ4v) is 6.90. The molecule has 0 aromatic heterocycles. The average molecular weight is 404 g/mol. The predicted molar refractivity (Wildman–Crippen MR) is 118 cm³/mol. The van der Waals surface area contributed by atoms with Gasteiger partial charge in [0.15, 0.2) is 0 Å². The van der Waals surface area contributed by atoms with Crippen LogP contribution in [-0.4, -0.2) is 16.2 Å². The molecule has 0 heterocycles. The molecule has 2 aromatic rings. The Bertz CT molecular complexity index is 988. The Hall–Kier alpha value is -2.59. The number of carbonyl (C=O) groups is 1. The van der Waals surface area contributed by atoms with Crippen LogP contribution in [-0.2, 0) is 16.8 Å². The molecule has 4 aliphatic rings. The zero-order valence-electron chi connectivity index (χ0n) is 17.2. The Morgan fingerprint density at radius 1 is 1.03 bits per heavy atom. The lowest BCUT2D eigenvalue weighted by Crippen LogP contribution is -2.48. The van der Waals surface area contributed by atoms with Crippen LogP contribution in [0.25, 0.3) is 17.2 Å². The number of rotatable bonds is 5. The highest BCUT2D eigenvalue weighted by molar-refractivity contribution is 5.85. The molecule has 0 amide bonds. The number of hydrogen-bond acceptors (Lipinski definition) is 3. The van der Waals surface area contributed by atoms with E-state index in [1.807, 2.05) is 30.3 Å². The molecule has 6 rings (SSSR count). The lowest BCUT2D eigenvalue weighted by Gasteiger charge is -2.57. The molecule has 156 valence electrons. The van der Waals surface area contributed by atoms with Crippen LogP contribution in [0, 0.1) is 17.8 Å². The van der Waals surface area contributed by atoms with Gasteiger partial charge in [-0.25, -0.2) is 4.79 Å². The topological polar surface area (TPSA) is 83.6 Å². The van der Waals surface area contributed by atoms with Gasteiger partial charge in [0, 0.05) is 18.2 Å². The number of aromatic hydroxyl groups is 1. The number of phenols is 1. The summed E-state index contributed by atoms with van der Waals surface area (Å²) >= 11 is 0. The predicted octanol–water partition coefficient (Wildman–Crippen LogP) is 5.08. The summed E-state index contributed by atoms with van der Waals surface area (Å²) in [5, 5.41) is 19.7. The molecule has 2 aromatic carbocycles. The molecule has 30 heavy (non-hydrogen) atoms. The van der Waals surface area contributed by atoms with E-state index >= 15 is 0 Å². The fourth-order valence-electron chi connectivity index (χ4n) is 6.90. The maximum atomic E-state index is 10.8. The number of benzene rings is 2. The second-order valence-corrected chi connectivity index (χ2v) is 9.72. The molecule has 4 aliphatic carbocycles. The highest BCUT2D eigenvalue weighted by Crippen LogP contribution is 2.62. The number of aliphatic carboxylic acids is 1. The van der Waals surface area contributed by atoms with Crippen molar-refractivity contribution in [1.29, 1.82) is 0 Å². The summed E-state index contributed by atoms with van der Waals surface area (Å²) in [4.78, 5) is 10.8. The third-order valence-electron chi connectivity index (χ3n) is 7.68. The Balaban J connectivity index is 1.53. The molecule has 0 radical (unpaired) electrons. The van der Waals surface area contributed by atoms with E-state index in [2.05, 4.69) is 6.07 Å². The molecule has 0 spiro atoms. The van der Waals surface area contributed by atoms with Crippen LogP contribution >= 0.6 is 0 Å². The molecule has 0 unspecified atom stereocenters. The van der Waals surface area contributed by atoms with E-state index in [9.17, 15) is 9.90 Å². The Labute approximate surface area is 177 Å². The van der Waals surface area contributed by atoms with Crippen molar-refractivity contribution in [2.45, 2.75) is 50.5 Å². The van der Waals surface area contributed by atoms with Crippen molar-refractivity contribution >= 4 is 12.0 Å². The van der Waals surface area contributed by atoms with Gasteiger partial charge in [-0.05, 0) is 108 Å². The number of hydrogen-bond donors (Lipinski definition) is 3. The molecule has 0 saturated heterocycles. The van der Waals surface area contributed by atoms with Crippen LogP contribution in [0.4, 0.5) is 0 Å². The molecule has 4 N–H and O–H groups in total. The molecular weight excluding hydrogens is 374 g/mol. The summed E-state index contributed by atoms with van der Waals surface area (Å²) in [6.45, 7) is 0.373. The first-order chi connectivity index (χ1) is 14.5. The first-order valence-electron chi connectivity index (χ1n) is 11.0. The number of nitrogens with two attached hydrogens (primary N) is 1. The van der Waals surface area contributed by atoms with Gasteiger partial charge in [0.05, 0.1) is 0 Å². The maximum absolute atomic E-state index is 10.8. The zero-order valence-corrected chi connectivity index (χ0v) is 17.2. The lowest BCUT2D eigenvalue weighted by atomic mass is 9.48. The normalized spacial score (nSPS) is 29.6. The third kappa shape index (κ3) is 3.33. The average Bonchev–Trinajstić information content (AvgIpc) is 2.71. The minimum absolute atomic E-state index is 0.127. The van der Waals surface area contributed by atoms with Gasteiger partial charge < -0.3 is 15.9 Å². The molecule has 4 nitrogen and oxygen atoms in total. The van der Waals surface area contributed by atoms with Crippen LogP contribution in [0.1, 0.15) is 55.2 Å². The molecule has 4 bridgehead atoms. The van der Waals surface area contributed by atoms with Crippen LogP contribution in [0.2, 0.25) is 0 Å². The summed E-state index contributed by atoms with van der Waals surface area (Å²) in [5.41, 5.74) is 11.2. The van der Waals surface area contributed by atoms with E-state index in [0.29, 0.717) is 12.3 Å². The molecule has 4 heteroatoms. The van der Waals surface area contributed by atoms with Crippen molar-refractivity contribution in [3.05, 3.63) is 59.2 Å². The number of phenolic OH excluding ortho intramolecular Hbond substituents is 1. The van der Waals surface area contributed by atoms with Gasteiger partial charge in [-0.2, -0.15) is 0 Å². The van der Waals surface area contributed by atoms with Crippen molar-refractivity contribution < 1.29 is 15.0 Å². The molecule has 0 aliphatic heterocycles. The number of carboxylic acid groups (broad SMARTS) is 1. The second-order valence-electron chi connectivity index (χ2n) is 9.72. The summed E-state index contributed by atoms with van der Waals surface area (Å²) in [5.74, 6) is 1.92. The summed E-state index contributed by atoms with van der Waals surface area (Å²) in [7, 11) is 0. The Morgan fingerprint density at radius 3 is 2.30 bits per heavy atom. The van der Waals surface area contributed by atoms with Crippen molar-refractivity contribution in [2.75, 3.05) is 0 Å². The van der Waals surface area contributed by atoms with Crippen LogP contribution in [0.15, 0.2) is 42.5 Å². The fraction of sp³-hybridized carbons (Fsp3) is 0.423. The minimum Gasteiger partial charge on any atom is -0.508 e. The van der Waals surface area contributed by atoms with Gasteiger partial charge in [-0.1, -0.05) is 18.2 Å². The lowest BCUT2D eigenvalue weighted by molar-refractivity contribution is -0.131. The third-order valence-corrected chi connectivity index (χ3v) is 7.68. The van der Waals surface area contributed by atoms with Crippen LogP contribution in [0.3, 0.4) is 0 Å². The van der Waals surface area contributed by atoms with E-state index in [4.69, 9.17) is 10.8 Å². The number of carboxylic acids is 1.